The molecule has 1 aliphatic heterocycles. The number of ether oxygens (including phenoxy) is 2. The molecule has 0 spiro atoms. The van der Waals surface area contributed by atoms with Gasteiger partial charge in [-0.2, -0.15) is 13.5 Å². The van der Waals surface area contributed by atoms with Crippen molar-refractivity contribution in [3.05, 3.63) is 59.9 Å². The first-order chi connectivity index (χ1) is 23.5. The van der Waals surface area contributed by atoms with Crippen LogP contribution in [-0.2, 0) is 44.3 Å². The number of aromatic nitrogens is 2. The summed E-state index contributed by atoms with van der Waals surface area (Å²) in [7, 11) is -1.75. The van der Waals surface area contributed by atoms with Crippen LogP contribution >= 0.6 is 0 Å². The van der Waals surface area contributed by atoms with E-state index in [-0.39, 0.29) is 29.9 Å². The van der Waals surface area contributed by atoms with Crippen molar-refractivity contribution in [1.82, 2.24) is 20.0 Å². The van der Waals surface area contributed by atoms with Crippen molar-refractivity contribution < 1.29 is 37.1 Å². The fraction of sp³-hybridized carbons (Fsp3) is 0.514. The molecule has 2 amide bonds. The van der Waals surface area contributed by atoms with Crippen LogP contribution in [0.4, 0.5) is 5.69 Å². The van der Waals surface area contributed by atoms with Gasteiger partial charge in [0.1, 0.15) is 11.4 Å². The van der Waals surface area contributed by atoms with Crippen LogP contribution in [0.15, 0.2) is 48.8 Å². The number of benzene rings is 2. The Morgan fingerprint density at radius 1 is 1.08 bits per heavy atom. The van der Waals surface area contributed by atoms with Gasteiger partial charge in [0.25, 0.3) is 16.0 Å². The number of aromatic hydroxyl groups is 1. The second-order valence-corrected chi connectivity index (χ2v) is 14.0. The van der Waals surface area contributed by atoms with Gasteiger partial charge in [0.05, 0.1) is 31.6 Å². The molecule has 1 fully saturated rings. The van der Waals surface area contributed by atoms with Crippen molar-refractivity contribution in [3.63, 3.8) is 0 Å². The third kappa shape index (κ3) is 12.1. The lowest BCUT2D eigenvalue weighted by Crippen LogP contribution is -2.45. The van der Waals surface area contributed by atoms with Crippen LogP contribution in [0.2, 0.25) is 0 Å². The molecule has 4 N–H and O–H groups in total. The summed E-state index contributed by atoms with van der Waals surface area (Å²) < 4.78 is 40.2. The topological polar surface area (TPSA) is 172 Å². The first kappa shape index (κ1) is 37.8. The molecular formula is C35H49N5O8S. The van der Waals surface area contributed by atoms with Crippen LogP contribution in [0, 0.1) is 0 Å². The molecule has 1 aromatic heterocycles. The number of hydrogen-bond donors (Lipinski definition) is 4. The van der Waals surface area contributed by atoms with Gasteiger partial charge in [-0.15, -0.1) is 0 Å². The zero-order valence-electron chi connectivity index (χ0n) is 28.4. The van der Waals surface area contributed by atoms with E-state index in [1.54, 1.807) is 10.7 Å². The molecule has 49 heavy (non-hydrogen) atoms. The number of carbonyl (C=O) groups is 2. The van der Waals surface area contributed by atoms with Crippen molar-refractivity contribution in [2.45, 2.75) is 64.3 Å². The zero-order chi connectivity index (χ0) is 35.2. The highest BCUT2D eigenvalue weighted by Gasteiger charge is 2.25. The molecule has 2 aliphatic rings. The average molecular weight is 700 g/mol. The summed E-state index contributed by atoms with van der Waals surface area (Å²) in [4.78, 5) is 27.0. The van der Waals surface area contributed by atoms with Crippen molar-refractivity contribution in [1.29, 1.82) is 0 Å². The van der Waals surface area contributed by atoms with Crippen LogP contribution in [0.25, 0.3) is 11.1 Å². The van der Waals surface area contributed by atoms with E-state index in [2.05, 4.69) is 44.9 Å². The summed E-state index contributed by atoms with van der Waals surface area (Å²) in [6, 6.07) is 12.2. The molecule has 268 valence electrons. The monoisotopic (exact) mass is 699 g/mol. The molecule has 0 atom stereocenters. The third-order valence-electron chi connectivity index (χ3n) is 8.62. The second kappa shape index (κ2) is 18.7. The van der Waals surface area contributed by atoms with Gasteiger partial charge in [-0.05, 0) is 61.9 Å². The number of amides is 2. The number of aryl methyl sites for hydroxylation is 1. The minimum absolute atomic E-state index is 0.000764. The van der Waals surface area contributed by atoms with Gasteiger partial charge >= 0.3 is 0 Å². The Morgan fingerprint density at radius 2 is 1.82 bits per heavy atom. The van der Waals surface area contributed by atoms with Crippen molar-refractivity contribution >= 4 is 27.6 Å². The van der Waals surface area contributed by atoms with E-state index in [1.807, 2.05) is 25.5 Å². The fourth-order valence-corrected chi connectivity index (χ4v) is 5.89. The molecule has 0 unspecified atom stereocenters. The average Bonchev–Trinajstić information content (AvgIpc) is 3.54. The molecule has 3 aromatic rings. The van der Waals surface area contributed by atoms with Crippen LogP contribution in [0.5, 0.6) is 11.5 Å². The molecule has 14 heteroatoms. The number of fused-ring (bicyclic) bond motifs is 1. The van der Waals surface area contributed by atoms with E-state index >= 15 is 0 Å². The summed E-state index contributed by atoms with van der Waals surface area (Å²) >= 11 is 0. The number of phenolic OH excluding ortho intramolecular Hbond substituents is 1. The number of phenols is 1. The van der Waals surface area contributed by atoms with E-state index < -0.39 is 10.1 Å². The maximum atomic E-state index is 13.3. The molecule has 0 radical (unpaired) electrons. The number of nitrogens with one attached hydrogen (secondary N) is 2. The molecule has 1 saturated carbocycles. The molecule has 13 nitrogen and oxygen atoms in total. The number of nitrogens with zero attached hydrogens (tertiary/aromatic N) is 3. The van der Waals surface area contributed by atoms with Gasteiger partial charge in [-0.25, -0.2) is 0 Å². The van der Waals surface area contributed by atoms with E-state index in [9.17, 15) is 23.1 Å². The Labute approximate surface area is 288 Å². The highest BCUT2D eigenvalue weighted by atomic mass is 32.2. The minimum Gasteiger partial charge on any atom is -0.506 e. The maximum Gasteiger partial charge on any atom is 0.264 e. The minimum atomic E-state index is -3.66. The van der Waals surface area contributed by atoms with Crippen molar-refractivity contribution in [2.75, 3.05) is 50.5 Å². The van der Waals surface area contributed by atoms with E-state index in [1.165, 1.54) is 31.7 Å². The molecule has 2 heterocycles. The second-order valence-electron chi connectivity index (χ2n) is 12.2. The van der Waals surface area contributed by atoms with E-state index in [0.717, 1.165) is 36.0 Å². The third-order valence-corrected chi connectivity index (χ3v) is 9.35. The Balaban J connectivity index is 0.000000827. The lowest BCUT2D eigenvalue weighted by atomic mass is 9.94. The lowest BCUT2D eigenvalue weighted by molar-refractivity contribution is -0.135. The van der Waals surface area contributed by atoms with Gasteiger partial charge in [-0.3, -0.25) is 18.8 Å². The quantitative estimate of drug-likeness (QED) is 0.103. The Bertz CT molecular complexity index is 1620. The van der Waals surface area contributed by atoms with Crippen LogP contribution < -0.4 is 15.4 Å². The molecule has 0 saturated heterocycles. The van der Waals surface area contributed by atoms with Crippen LogP contribution in [-0.4, -0.2) is 95.8 Å². The zero-order valence-corrected chi connectivity index (χ0v) is 29.2. The molecule has 2 aromatic carbocycles. The maximum absolute atomic E-state index is 13.3. The summed E-state index contributed by atoms with van der Waals surface area (Å²) in [6.45, 7) is 4.36. The molecule has 0 bridgehead atoms. The van der Waals surface area contributed by atoms with Gasteiger partial charge in [0, 0.05) is 37.9 Å². The number of rotatable bonds is 15. The van der Waals surface area contributed by atoms with Crippen molar-refractivity contribution in [3.8, 4) is 22.6 Å². The first-order valence-corrected chi connectivity index (χ1v) is 18.5. The lowest BCUT2D eigenvalue weighted by Gasteiger charge is -2.34. The Hall–Kier alpha value is -3.98. The van der Waals surface area contributed by atoms with E-state index in [0.29, 0.717) is 63.2 Å². The fourth-order valence-electron chi connectivity index (χ4n) is 5.89. The van der Waals surface area contributed by atoms with Gasteiger partial charge < -0.3 is 30.1 Å². The smallest absolute Gasteiger partial charge is 0.264 e. The Kier molecular flexibility index (Phi) is 14.4. The Morgan fingerprint density at radius 3 is 2.49 bits per heavy atom. The van der Waals surface area contributed by atoms with Gasteiger partial charge in [-0.1, -0.05) is 49.6 Å². The van der Waals surface area contributed by atoms with Crippen LogP contribution in [0.1, 0.15) is 56.6 Å². The molecular weight excluding hydrogens is 650 g/mol. The van der Waals surface area contributed by atoms with Crippen LogP contribution in [0.3, 0.4) is 0 Å². The summed E-state index contributed by atoms with van der Waals surface area (Å²) in [5, 5.41) is 20.5. The van der Waals surface area contributed by atoms with E-state index in [4.69, 9.17) is 14.0 Å². The molecule has 1 aliphatic carbocycles. The highest BCUT2D eigenvalue weighted by Crippen LogP contribution is 2.39. The first-order valence-electron chi connectivity index (χ1n) is 16.9. The summed E-state index contributed by atoms with van der Waals surface area (Å²) in [6.07, 6.45) is 11.4. The number of hydrogen-bond acceptors (Lipinski definition) is 9. The SMILES string of the molecule is CCS(=O)(=O)O.Cn1cc(-c2ccc(CCOCCC(=O)N(CCNCCc3ccc(O)c4c3OCC(=O)N4)C3CCCCC3)cc2)cn1. The van der Waals surface area contributed by atoms with Crippen molar-refractivity contribution in [2.24, 2.45) is 7.05 Å². The predicted molar refractivity (Wildman–Crippen MR) is 187 cm³/mol. The standard InChI is InChI=1S/C33H43N5O5.C2H6O3S/c1-37-22-27(21-35-37)25-9-7-24(8-10-25)14-19-42-20-15-31(41)38(28-5-3-2-4-6-28)18-17-34-16-13-26-11-12-29(39)32-33(26)43-23-30(40)36-32;1-2-6(3,4)5/h7-12,21-22,28,34,39H,2-6,13-20,23H2,1H3,(H,36,40);2H2,1H3,(H,3,4,5). The number of anilines is 1. The summed E-state index contributed by atoms with van der Waals surface area (Å²) in [5.41, 5.74) is 4.70. The van der Waals surface area contributed by atoms with Gasteiger partial charge in [0.2, 0.25) is 5.91 Å². The van der Waals surface area contributed by atoms with Gasteiger partial charge in [0.15, 0.2) is 12.4 Å². The largest absolute Gasteiger partial charge is 0.506 e. The molecule has 5 rings (SSSR count). The normalized spacial score (nSPS) is 14.6. The summed E-state index contributed by atoms with van der Waals surface area (Å²) in [5.74, 6) is 0.213. The number of carbonyl (C=O) groups excluding carboxylic acids is 2. The highest BCUT2D eigenvalue weighted by molar-refractivity contribution is 7.85. The predicted octanol–water partition coefficient (Wildman–Crippen LogP) is 3.96.